The van der Waals surface area contributed by atoms with Crippen molar-refractivity contribution < 1.29 is 9.21 Å². The number of amides is 1. The van der Waals surface area contributed by atoms with Crippen molar-refractivity contribution in [1.29, 1.82) is 0 Å². The molecule has 0 aromatic carbocycles. The molecule has 2 atom stereocenters. The first kappa shape index (κ1) is 12.7. The molecule has 0 spiro atoms. The molecule has 2 unspecified atom stereocenters. The van der Waals surface area contributed by atoms with Gasteiger partial charge in [0.05, 0.1) is 11.8 Å². The Labute approximate surface area is 110 Å². The van der Waals surface area contributed by atoms with Crippen molar-refractivity contribution in [3.8, 4) is 0 Å². The van der Waals surface area contributed by atoms with E-state index in [0.29, 0.717) is 22.1 Å². The Morgan fingerprint density at radius 2 is 2.41 bits per heavy atom. The van der Waals surface area contributed by atoms with E-state index in [1.807, 2.05) is 6.92 Å². The number of aryl methyl sites for hydroxylation is 1. The first-order valence-corrected chi connectivity index (χ1v) is 7.04. The summed E-state index contributed by atoms with van der Waals surface area (Å²) in [6.07, 6.45) is 6.43. The summed E-state index contributed by atoms with van der Waals surface area (Å²) in [6, 6.07) is 1.72. The molecule has 1 aromatic rings. The van der Waals surface area contributed by atoms with Crippen LogP contribution in [0.3, 0.4) is 0 Å². The van der Waals surface area contributed by atoms with E-state index in [2.05, 4.69) is 21.2 Å². The molecule has 1 heterocycles. The lowest BCUT2D eigenvalue weighted by Crippen LogP contribution is -2.32. The molecule has 4 heteroatoms. The first-order valence-electron chi connectivity index (χ1n) is 6.13. The quantitative estimate of drug-likeness (QED) is 0.871. The second-order valence-corrected chi connectivity index (χ2v) is 6.03. The average Bonchev–Trinajstić information content (AvgIpc) is 2.72. The van der Waals surface area contributed by atoms with Gasteiger partial charge in [-0.15, -0.1) is 0 Å². The van der Waals surface area contributed by atoms with Crippen molar-refractivity contribution in [2.75, 3.05) is 6.54 Å². The van der Waals surface area contributed by atoms with Crippen molar-refractivity contribution in [3.05, 3.63) is 23.7 Å². The van der Waals surface area contributed by atoms with E-state index in [0.717, 1.165) is 13.0 Å². The van der Waals surface area contributed by atoms with Crippen molar-refractivity contribution >= 4 is 21.8 Å². The van der Waals surface area contributed by atoms with Crippen molar-refractivity contribution in [3.63, 3.8) is 0 Å². The minimum absolute atomic E-state index is 0.0204. The molecule has 0 saturated heterocycles. The number of rotatable bonds is 3. The molecule has 1 aromatic heterocycles. The van der Waals surface area contributed by atoms with Crippen LogP contribution in [0.5, 0.6) is 0 Å². The maximum atomic E-state index is 11.9. The van der Waals surface area contributed by atoms with Gasteiger partial charge < -0.3 is 9.73 Å². The fourth-order valence-electron chi connectivity index (χ4n) is 2.36. The number of hydrogen-bond donors (Lipinski definition) is 1. The number of alkyl halides is 1. The average molecular weight is 300 g/mol. The zero-order chi connectivity index (χ0) is 12.3. The Bertz CT molecular complexity index is 389. The van der Waals surface area contributed by atoms with E-state index in [-0.39, 0.29) is 5.91 Å². The number of halogens is 1. The highest BCUT2D eigenvalue weighted by molar-refractivity contribution is 9.09. The Morgan fingerprint density at radius 1 is 1.59 bits per heavy atom. The molecule has 2 rings (SSSR count). The van der Waals surface area contributed by atoms with Crippen LogP contribution < -0.4 is 5.32 Å². The third-order valence-electron chi connectivity index (χ3n) is 3.37. The fraction of sp³-hybridized carbons (Fsp3) is 0.615. The first-order chi connectivity index (χ1) is 8.16. The Morgan fingerprint density at radius 3 is 3.06 bits per heavy atom. The molecule has 1 fully saturated rings. The molecule has 3 nitrogen and oxygen atoms in total. The number of hydrogen-bond acceptors (Lipinski definition) is 2. The lowest BCUT2D eigenvalue weighted by atomic mass is 9.89. The van der Waals surface area contributed by atoms with Crippen LogP contribution in [0, 0.1) is 12.8 Å². The molecule has 17 heavy (non-hydrogen) atoms. The SMILES string of the molecule is Cc1occc1C(=O)NCC1CCCC(Br)C1. The predicted octanol–water partition coefficient (Wildman–Crippen LogP) is 3.27. The van der Waals surface area contributed by atoms with Gasteiger partial charge in [0, 0.05) is 11.4 Å². The summed E-state index contributed by atoms with van der Waals surface area (Å²) in [7, 11) is 0. The van der Waals surface area contributed by atoms with Crippen LogP contribution in [0.4, 0.5) is 0 Å². The normalized spacial score (nSPS) is 24.6. The standard InChI is InChI=1S/C13H18BrNO2/c1-9-12(5-6-17-9)13(16)15-8-10-3-2-4-11(14)7-10/h5-6,10-11H,2-4,7-8H2,1H3,(H,15,16). The number of nitrogens with one attached hydrogen (secondary N) is 1. The monoisotopic (exact) mass is 299 g/mol. The third kappa shape index (κ3) is 3.35. The molecule has 1 amide bonds. The summed E-state index contributed by atoms with van der Waals surface area (Å²) >= 11 is 3.66. The summed E-state index contributed by atoms with van der Waals surface area (Å²) in [5.74, 6) is 1.27. The van der Waals surface area contributed by atoms with Crippen LogP contribution in [-0.4, -0.2) is 17.3 Å². The van der Waals surface area contributed by atoms with Crippen LogP contribution in [0.2, 0.25) is 0 Å². The van der Waals surface area contributed by atoms with E-state index in [1.54, 1.807) is 12.3 Å². The third-order valence-corrected chi connectivity index (χ3v) is 4.21. The molecule has 0 bridgehead atoms. The van der Waals surface area contributed by atoms with Gasteiger partial charge in [0.1, 0.15) is 5.76 Å². The Kier molecular flexibility index (Phi) is 4.26. The van der Waals surface area contributed by atoms with Gasteiger partial charge in [-0.3, -0.25) is 4.79 Å². The van der Waals surface area contributed by atoms with E-state index in [4.69, 9.17) is 4.42 Å². The lowest BCUT2D eigenvalue weighted by Gasteiger charge is -2.25. The van der Waals surface area contributed by atoms with Crippen molar-refractivity contribution in [2.24, 2.45) is 5.92 Å². The van der Waals surface area contributed by atoms with Gasteiger partial charge in [-0.25, -0.2) is 0 Å². The molecule has 94 valence electrons. The highest BCUT2D eigenvalue weighted by atomic mass is 79.9. The summed E-state index contributed by atoms with van der Waals surface area (Å²) in [4.78, 5) is 12.5. The highest BCUT2D eigenvalue weighted by Crippen LogP contribution is 2.28. The van der Waals surface area contributed by atoms with Gasteiger partial charge in [0.2, 0.25) is 0 Å². The van der Waals surface area contributed by atoms with E-state index >= 15 is 0 Å². The van der Waals surface area contributed by atoms with Gasteiger partial charge in [0.25, 0.3) is 5.91 Å². The van der Waals surface area contributed by atoms with Crippen LogP contribution >= 0.6 is 15.9 Å². The fourth-order valence-corrected chi connectivity index (χ4v) is 3.22. The molecular weight excluding hydrogens is 282 g/mol. The van der Waals surface area contributed by atoms with E-state index in [1.165, 1.54) is 19.3 Å². The molecule has 1 aliphatic rings. The predicted molar refractivity (Wildman–Crippen MR) is 70.5 cm³/mol. The molecule has 1 aliphatic carbocycles. The smallest absolute Gasteiger partial charge is 0.254 e. The van der Waals surface area contributed by atoms with Crippen LogP contribution in [0.25, 0.3) is 0 Å². The maximum absolute atomic E-state index is 11.9. The van der Waals surface area contributed by atoms with Crippen LogP contribution in [-0.2, 0) is 0 Å². The maximum Gasteiger partial charge on any atom is 0.254 e. The van der Waals surface area contributed by atoms with Crippen LogP contribution in [0.1, 0.15) is 41.8 Å². The Balaban J connectivity index is 1.82. The number of carbonyl (C=O) groups is 1. The van der Waals surface area contributed by atoms with Crippen LogP contribution in [0.15, 0.2) is 16.7 Å². The molecule has 1 saturated carbocycles. The van der Waals surface area contributed by atoms with Gasteiger partial charge >= 0.3 is 0 Å². The lowest BCUT2D eigenvalue weighted by molar-refractivity contribution is 0.0942. The molecular formula is C13H18BrNO2. The summed E-state index contributed by atoms with van der Waals surface area (Å²) in [5.41, 5.74) is 0.649. The molecule has 0 aliphatic heterocycles. The zero-order valence-electron chi connectivity index (χ0n) is 10.0. The van der Waals surface area contributed by atoms with Crippen molar-refractivity contribution in [2.45, 2.75) is 37.4 Å². The van der Waals surface area contributed by atoms with E-state index in [9.17, 15) is 4.79 Å². The minimum Gasteiger partial charge on any atom is -0.469 e. The zero-order valence-corrected chi connectivity index (χ0v) is 11.6. The van der Waals surface area contributed by atoms with E-state index < -0.39 is 0 Å². The second-order valence-electron chi connectivity index (χ2n) is 4.73. The second kappa shape index (κ2) is 5.71. The van der Waals surface area contributed by atoms with Gasteiger partial charge in [-0.05, 0) is 38.2 Å². The summed E-state index contributed by atoms with van der Waals surface area (Å²) in [5, 5.41) is 3.00. The van der Waals surface area contributed by atoms with Gasteiger partial charge in [0.15, 0.2) is 0 Å². The summed E-state index contributed by atoms with van der Waals surface area (Å²) in [6.45, 7) is 2.58. The number of furan rings is 1. The minimum atomic E-state index is -0.0204. The Hall–Kier alpha value is -0.770. The van der Waals surface area contributed by atoms with Gasteiger partial charge in [-0.2, -0.15) is 0 Å². The highest BCUT2D eigenvalue weighted by Gasteiger charge is 2.21. The largest absolute Gasteiger partial charge is 0.469 e. The topological polar surface area (TPSA) is 42.2 Å². The molecule has 0 radical (unpaired) electrons. The summed E-state index contributed by atoms with van der Waals surface area (Å²) < 4.78 is 5.13. The number of carbonyl (C=O) groups excluding carboxylic acids is 1. The van der Waals surface area contributed by atoms with Gasteiger partial charge in [-0.1, -0.05) is 22.4 Å². The molecule has 1 N–H and O–H groups in total. The van der Waals surface area contributed by atoms with Crippen molar-refractivity contribution in [1.82, 2.24) is 5.32 Å².